The Bertz CT molecular complexity index is 972. The van der Waals surface area contributed by atoms with Crippen LogP contribution in [0.15, 0.2) is 48.5 Å². The normalized spacial score (nSPS) is 20.5. The first-order valence-corrected chi connectivity index (χ1v) is 11.5. The Morgan fingerprint density at radius 1 is 1.18 bits per heavy atom. The van der Waals surface area contributed by atoms with Crippen LogP contribution in [0.2, 0.25) is 0 Å². The van der Waals surface area contributed by atoms with Crippen molar-refractivity contribution in [2.24, 2.45) is 0 Å². The molecule has 1 heterocycles. The summed E-state index contributed by atoms with van der Waals surface area (Å²) in [5.74, 6) is 0.0403. The maximum absolute atomic E-state index is 13.7. The van der Waals surface area contributed by atoms with E-state index in [-0.39, 0.29) is 12.7 Å². The van der Waals surface area contributed by atoms with E-state index in [0.717, 1.165) is 41.7 Å². The highest BCUT2D eigenvalue weighted by molar-refractivity contribution is 5.96. The molecule has 176 valence electrons. The first-order chi connectivity index (χ1) is 16.0. The first-order valence-electron chi connectivity index (χ1n) is 11.5. The highest BCUT2D eigenvalue weighted by Gasteiger charge is 2.44. The van der Waals surface area contributed by atoms with Crippen molar-refractivity contribution >= 4 is 12.0 Å². The number of aliphatic hydroxyl groups excluding tert-OH is 1. The Morgan fingerprint density at radius 2 is 1.91 bits per heavy atom. The van der Waals surface area contributed by atoms with Crippen LogP contribution in [0.4, 0.5) is 4.79 Å². The second kappa shape index (κ2) is 10.4. The molecule has 0 aromatic heterocycles. The van der Waals surface area contributed by atoms with Gasteiger partial charge in [0.15, 0.2) is 6.10 Å². The zero-order valence-electron chi connectivity index (χ0n) is 19.1. The standard InChI is InChI=1S/C26H31NO6/c1-17-12-13-19(15-22(17)31-2)23(28)24(33-21-10-6-7-11-21)25(29)27-20(16-32-26(27)30)14-18-8-4-3-5-9-18/h3-5,8-9,12-13,15,20-21,23-24,28H,6-7,10-11,14,16H2,1-2H3/t20-,23+,24-/m1/s1. The van der Waals surface area contributed by atoms with E-state index in [9.17, 15) is 14.7 Å². The van der Waals surface area contributed by atoms with Crippen molar-refractivity contribution in [3.8, 4) is 5.75 Å². The van der Waals surface area contributed by atoms with Crippen molar-refractivity contribution < 1.29 is 28.9 Å². The predicted molar refractivity (Wildman–Crippen MR) is 122 cm³/mol. The SMILES string of the molecule is COc1cc([C@H](O)[C@@H](OC2CCCC2)C(=O)N2C(=O)OC[C@H]2Cc2ccccc2)ccc1C. The Kier molecular flexibility index (Phi) is 7.30. The average Bonchev–Trinajstić information content (AvgIpc) is 3.47. The molecule has 0 unspecified atom stereocenters. The van der Waals surface area contributed by atoms with Gasteiger partial charge in [0.25, 0.3) is 5.91 Å². The minimum Gasteiger partial charge on any atom is -0.496 e. The minimum atomic E-state index is -1.25. The second-order valence-electron chi connectivity index (χ2n) is 8.77. The first kappa shape index (κ1) is 23.3. The lowest BCUT2D eigenvalue weighted by atomic mass is 9.99. The maximum Gasteiger partial charge on any atom is 0.417 e. The Balaban J connectivity index is 1.61. The molecule has 2 amide bonds. The molecule has 1 aliphatic heterocycles. The third-order valence-corrected chi connectivity index (χ3v) is 6.46. The Hall–Kier alpha value is -2.90. The number of rotatable bonds is 8. The van der Waals surface area contributed by atoms with Crippen LogP contribution >= 0.6 is 0 Å². The number of aliphatic hydroxyl groups is 1. The fourth-order valence-electron chi connectivity index (χ4n) is 4.60. The molecule has 7 nitrogen and oxygen atoms in total. The smallest absolute Gasteiger partial charge is 0.417 e. The van der Waals surface area contributed by atoms with E-state index in [4.69, 9.17) is 14.2 Å². The lowest BCUT2D eigenvalue weighted by Crippen LogP contribution is -2.49. The number of hydrogen-bond donors (Lipinski definition) is 1. The number of aryl methyl sites for hydroxylation is 1. The summed E-state index contributed by atoms with van der Waals surface area (Å²) >= 11 is 0. The second-order valence-corrected chi connectivity index (χ2v) is 8.77. The van der Waals surface area contributed by atoms with Crippen LogP contribution in [0.1, 0.15) is 48.5 Å². The molecule has 1 N–H and O–H groups in total. The van der Waals surface area contributed by atoms with Crippen LogP contribution < -0.4 is 4.74 Å². The lowest BCUT2D eigenvalue weighted by Gasteiger charge is -2.30. The topological polar surface area (TPSA) is 85.3 Å². The van der Waals surface area contributed by atoms with E-state index in [2.05, 4.69) is 0 Å². The molecule has 33 heavy (non-hydrogen) atoms. The summed E-state index contributed by atoms with van der Waals surface area (Å²) in [5, 5.41) is 11.3. The zero-order chi connectivity index (χ0) is 23.4. The molecular weight excluding hydrogens is 422 g/mol. The fraction of sp³-hybridized carbons (Fsp3) is 0.462. The van der Waals surface area contributed by atoms with Gasteiger partial charge in [-0.2, -0.15) is 0 Å². The van der Waals surface area contributed by atoms with E-state index < -0.39 is 30.3 Å². The van der Waals surface area contributed by atoms with Crippen molar-refractivity contribution in [3.05, 3.63) is 65.2 Å². The van der Waals surface area contributed by atoms with Gasteiger partial charge < -0.3 is 19.3 Å². The zero-order valence-corrected chi connectivity index (χ0v) is 19.1. The van der Waals surface area contributed by atoms with Crippen molar-refractivity contribution in [3.63, 3.8) is 0 Å². The molecule has 1 saturated heterocycles. The van der Waals surface area contributed by atoms with Crippen molar-refractivity contribution in [2.45, 2.75) is 63.4 Å². The molecule has 2 aromatic rings. The van der Waals surface area contributed by atoms with Crippen molar-refractivity contribution in [2.75, 3.05) is 13.7 Å². The van der Waals surface area contributed by atoms with Gasteiger partial charge in [-0.25, -0.2) is 9.69 Å². The molecule has 7 heteroatoms. The van der Waals surface area contributed by atoms with Gasteiger partial charge in [-0.1, -0.05) is 55.3 Å². The molecule has 2 fully saturated rings. The molecule has 0 radical (unpaired) electrons. The number of methoxy groups -OCH3 is 1. The highest BCUT2D eigenvalue weighted by Crippen LogP contribution is 2.32. The van der Waals surface area contributed by atoms with E-state index >= 15 is 0 Å². The number of hydrogen-bond acceptors (Lipinski definition) is 6. The molecule has 0 spiro atoms. The number of carbonyl (C=O) groups is 2. The summed E-state index contributed by atoms with van der Waals surface area (Å²) in [4.78, 5) is 27.4. The summed E-state index contributed by atoms with van der Waals surface area (Å²) < 4.78 is 16.8. The van der Waals surface area contributed by atoms with Crippen LogP contribution in [0.5, 0.6) is 5.75 Å². The number of imide groups is 1. The van der Waals surface area contributed by atoms with Crippen molar-refractivity contribution in [1.29, 1.82) is 0 Å². The monoisotopic (exact) mass is 453 g/mol. The number of benzene rings is 2. The van der Waals surface area contributed by atoms with Gasteiger partial charge in [0.1, 0.15) is 18.5 Å². The number of nitrogens with zero attached hydrogens (tertiary/aromatic N) is 1. The van der Waals surface area contributed by atoms with Crippen molar-refractivity contribution in [1.82, 2.24) is 4.90 Å². The lowest BCUT2D eigenvalue weighted by molar-refractivity contribution is -0.155. The highest BCUT2D eigenvalue weighted by atomic mass is 16.6. The van der Waals surface area contributed by atoms with E-state index in [0.29, 0.717) is 17.7 Å². The van der Waals surface area contributed by atoms with Crippen LogP contribution in [0.25, 0.3) is 0 Å². The van der Waals surface area contributed by atoms with Gasteiger partial charge in [0.2, 0.25) is 0 Å². The summed E-state index contributed by atoms with van der Waals surface area (Å²) in [5.41, 5.74) is 2.41. The predicted octanol–water partition coefficient (Wildman–Crippen LogP) is 3.95. The van der Waals surface area contributed by atoms with Crippen LogP contribution in [0, 0.1) is 6.92 Å². The van der Waals surface area contributed by atoms with Gasteiger partial charge in [0, 0.05) is 0 Å². The van der Waals surface area contributed by atoms with Gasteiger partial charge in [0.05, 0.1) is 19.3 Å². The molecule has 2 aliphatic rings. The van der Waals surface area contributed by atoms with E-state index in [1.165, 1.54) is 0 Å². The van der Waals surface area contributed by atoms with E-state index in [1.54, 1.807) is 19.2 Å². The molecule has 4 rings (SSSR count). The summed E-state index contributed by atoms with van der Waals surface area (Å²) in [7, 11) is 1.56. The Morgan fingerprint density at radius 3 is 2.61 bits per heavy atom. The number of carbonyl (C=O) groups excluding carboxylic acids is 2. The molecule has 1 saturated carbocycles. The number of ether oxygens (including phenoxy) is 3. The minimum absolute atomic E-state index is 0.115. The average molecular weight is 454 g/mol. The molecular formula is C26H31NO6. The van der Waals surface area contributed by atoms with Gasteiger partial charge in [-0.05, 0) is 48.9 Å². The molecule has 3 atom stereocenters. The molecule has 0 bridgehead atoms. The van der Waals surface area contributed by atoms with Gasteiger partial charge in [-0.3, -0.25) is 4.79 Å². The molecule has 2 aromatic carbocycles. The maximum atomic E-state index is 13.7. The summed E-state index contributed by atoms with van der Waals surface area (Å²) in [6, 6.07) is 14.5. The number of amides is 2. The number of cyclic esters (lactones) is 1. The fourth-order valence-corrected chi connectivity index (χ4v) is 4.60. The largest absolute Gasteiger partial charge is 0.496 e. The summed E-state index contributed by atoms with van der Waals surface area (Å²) in [6.45, 7) is 2.02. The third-order valence-electron chi connectivity index (χ3n) is 6.46. The van der Waals surface area contributed by atoms with Gasteiger partial charge >= 0.3 is 6.09 Å². The van der Waals surface area contributed by atoms with Gasteiger partial charge in [-0.15, -0.1) is 0 Å². The van der Waals surface area contributed by atoms with Crippen LogP contribution in [0.3, 0.4) is 0 Å². The Labute approximate surface area is 194 Å². The summed E-state index contributed by atoms with van der Waals surface area (Å²) in [6.07, 6.45) is 0.856. The van der Waals surface area contributed by atoms with Crippen LogP contribution in [-0.4, -0.2) is 54.0 Å². The van der Waals surface area contributed by atoms with E-state index in [1.807, 2.05) is 43.3 Å². The quantitative estimate of drug-likeness (QED) is 0.651. The molecule has 1 aliphatic carbocycles. The third kappa shape index (κ3) is 5.20. The van der Waals surface area contributed by atoms with Crippen LogP contribution in [-0.2, 0) is 20.7 Å².